The van der Waals surface area contributed by atoms with Crippen LogP contribution >= 0.6 is 0 Å². The lowest BCUT2D eigenvalue weighted by molar-refractivity contribution is -0.133. The summed E-state index contributed by atoms with van der Waals surface area (Å²) in [5.74, 6) is 1.08. The van der Waals surface area contributed by atoms with E-state index in [1.807, 2.05) is 30.3 Å². The maximum atomic E-state index is 11.7. The zero-order valence-corrected chi connectivity index (χ0v) is 19.0. The van der Waals surface area contributed by atoms with Gasteiger partial charge in [0.05, 0.1) is 5.69 Å². The minimum Gasteiger partial charge on any atom is -0.439 e. The Balaban J connectivity index is 1.23. The predicted octanol–water partition coefficient (Wildman–Crippen LogP) is 3.44. The Morgan fingerprint density at radius 1 is 1.18 bits per heavy atom. The van der Waals surface area contributed by atoms with Gasteiger partial charge in [-0.3, -0.25) is 14.8 Å². The SMILES string of the molecule is CN(Cc1ccc2cc(Oc3ccc(-c4ccn[nH]4)cn3)ccc2c1)[C@H]1CCN(C(=O)CO)C1. The van der Waals surface area contributed by atoms with E-state index in [1.54, 1.807) is 17.3 Å². The number of H-pyrrole nitrogens is 1. The van der Waals surface area contributed by atoms with Crippen LogP contribution in [0.5, 0.6) is 11.6 Å². The molecule has 0 saturated carbocycles. The van der Waals surface area contributed by atoms with Crippen LogP contribution in [0, 0.1) is 0 Å². The van der Waals surface area contributed by atoms with E-state index in [-0.39, 0.29) is 5.91 Å². The molecule has 3 heterocycles. The first kappa shape index (κ1) is 22.1. The van der Waals surface area contributed by atoms with E-state index in [2.05, 4.69) is 51.4 Å². The molecule has 0 unspecified atom stereocenters. The van der Waals surface area contributed by atoms with Crippen LogP contribution in [0.2, 0.25) is 0 Å². The second-order valence-electron chi connectivity index (χ2n) is 8.66. The average molecular weight is 458 g/mol. The van der Waals surface area contributed by atoms with Gasteiger partial charge in [0.15, 0.2) is 0 Å². The highest BCUT2D eigenvalue weighted by molar-refractivity contribution is 5.84. The van der Waals surface area contributed by atoms with Crippen molar-refractivity contribution in [2.45, 2.75) is 19.0 Å². The van der Waals surface area contributed by atoms with Gasteiger partial charge in [0.25, 0.3) is 0 Å². The van der Waals surface area contributed by atoms with Crippen molar-refractivity contribution >= 4 is 16.7 Å². The molecule has 0 bridgehead atoms. The fourth-order valence-electron chi connectivity index (χ4n) is 4.42. The van der Waals surface area contributed by atoms with Gasteiger partial charge in [-0.05, 0) is 60.1 Å². The van der Waals surface area contributed by atoms with Crippen molar-refractivity contribution in [2.24, 2.45) is 0 Å². The van der Waals surface area contributed by atoms with E-state index in [4.69, 9.17) is 9.84 Å². The number of carbonyl (C=O) groups excluding carboxylic acids is 1. The van der Waals surface area contributed by atoms with Crippen LogP contribution in [0.3, 0.4) is 0 Å². The van der Waals surface area contributed by atoms with E-state index in [0.717, 1.165) is 40.7 Å². The molecule has 34 heavy (non-hydrogen) atoms. The number of nitrogens with zero attached hydrogens (tertiary/aromatic N) is 4. The number of amides is 1. The summed E-state index contributed by atoms with van der Waals surface area (Å²) in [5, 5.41) is 18.2. The molecule has 1 saturated heterocycles. The average Bonchev–Trinajstić information content (AvgIpc) is 3.57. The zero-order valence-electron chi connectivity index (χ0n) is 19.0. The van der Waals surface area contributed by atoms with Gasteiger partial charge in [0.1, 0.15) is 12.4 Å². The molecule has 8 heteroatoms. The molecule has 2 aromatic heterocycles. The van der Waals surface area contributed by atoms with E-state index in [9.17, 15) is 4.79 Å². The molecule has 8 nitrogen and oxygen atoms in total. The van der Waals surface area contributed by atoms with Gasteiger partial charge >= 0.3 is 0 Å². The Morgan fingerprint density at radius 3 is 2.79 bits per heavy atom. The lowest BCUT2D eigenvalue weighted by Crippen LogP contribution is -2.37. The minimum absolute atomic E-state index is 0.191. The van der Waals surface area contributed by atoms with E-state index >= 15 is 0 Å². The van der Waals surface area contributed by atoms with Gasteiger partial charge in [-0.1, -0.05) is 18.2 Å². The number of ether oxygens (including phenoxy) is 1. The fraction of sp³-hybridized carbons (Fsp3) is 0.269. The minimum atomic E-state index is -0.417. The van der Waals surface area contributed by atoms with Crippen molar-refractivity contribution in [3.63, 3.8) is 0 Å². The normalized spacial score (nSPS) is 15.9. The van der Waals surface area contributed by atoms with Crippen molar-refractivity contribution in [2.75, 3.05) is 26.7 Å². The Morgan fingerprint density at radius 2 is 2.03 bits per heavy atom. The van der Waals surface area contributed by atoms with Crippen LogP contribution in [0.15, 0.2) is 67.0 Å². The number of fused-ring (bicyclic) bond motifs is 1. The number of hydrogen-bond acceptors (Lipinski definition) is 6. The molecule has 4 aromatic rings. The maximum absolute atomic E-state index is 11.7. The number of aromatic amines is 1. The number of nitrogens with one attached hydrogen (secondary N) is 1. The highest BCUT2D eigenvalue weighted by Crippen LogP contribution is 2.27. The quantitative estimate of drug-likeness (QED) is 0.442. The highest BCUT2D eigenvalue weighted by atomic mass is 16.5. The number of likely N-dealkylation sites (N-methyl/N-ethyl adjacent to an activating group) is 1. The van der Waals surface area contributed by atoms with Crippen LogP contribution in [-0.4, -0.2) is 68.8 Å². The maximum Gasteiger partial charge on any atom is 0.248 e. The van der Waals surface area contributed by atoms with Gasteiger partial charge in [-0.25, -0.2) is 4.98 Å². The number of pyridine rings is 1. The largest absolute Gasteiger partial charge is 0.439 e. The van der Waals surface area contributed by atoms with Crippen LogP contribution in [-0.2, 0) is 11.3 Å². The number of benzene rings is 2. The van der Waals surface area contributed by atoms with E-state index in [0.29, 0.717) is 25.0 Å². The summed E-state index contributed by atoms with van der Waals surface area (Å²) in [7, 11) is 2.09. The summed E-state index contributed by atoms with van der Waals surface area (Å²) in [6.45, 7) is 1.75. The third-order valence-corrected chi connectivity index (χ3v) is 6.35. The molecule has 1 fully saturated rings. The summed E-state index contributed by atoms with van der Waals surface area (Å²) >= 11 is 0. The van der Waals surface area contributed by atoms with Gasteiger partial charge < -0.3 is 14.7 Å². The second kappa shape index (κ2) is 9.62. The molecule has 2 aromatic carbocycles. The van der Waals surface area contributed by atoms with Crippen molar-refractivity contribution in [3.8, 4) is 22.9 Å². The smallest absolute Gasteiger partial charge is 0.248 e. The number of hydrogen-bond donors (Lipinski definition) is 2. The third-order valence-electron chi connectivity index (χ3n) is 6.35. The van der Waals surface area contributed by atoms with Crippen molar-refractivity contribution in [1.82, 2.24) is 25.0 Å². The first-order valence-electron chi connectivity index (χ1n) is 11.3. The van der Waals surface area contributed by atoms with Crippen LogP contribution < -0.4 is 4.74 Å². The molecule has 1 amide bonds. The first-order valence-corrected chi connectivity index (χ1v) is 11.3. The standard InChI is InChI=1S/C26H27N5O3/c1-30(22-9-11-31(16-22)26(33)17-32)15-18-2-3-20-13-23(6-4-19(20)12-18)34-25-7-5-21(14-27-25)24-8-10-28-29-24/h2-8,10,12-14,22,32H,9,11,15-17H2,1H3,(H,28,29)/t22-/m0/s1. The van der Waals surface area contributed by atoms with Gasteiger partial charge in [-0.15, -0.1) is 0 Å². The molecule has 2 N–H and O–H groups in total. The zero-order chi connectivity index (χ0) is 23.5. The Kier molecular flexibility index (Phi) is 6.24. The highest BCUT2D eigenvalue weighted by Gasteiger charge is 2.28. The van der Waals surface area contributed by atoms with Gasteiger partial charge in [0, 0.05) is 49.7 Å². The molecule has 1 aliphatic heterocycles. The summed E-state index contributed by atoms with van der Waals surface area (Å²) in [6, 6.07) is 18.5. The lowest BCUT2D eigenvalue weighted by Gasteiger charge is -2.24. The second-order valence-corrected chi connectivity index (χ2v) is 8.66. The van der Waals surface area contributed by atoms with Crippen LogP contribution in [0.25, 0.3) is 22.0 Å². The summed E-state index contributed by atoms with van der Waals surface area (Å²) in [5.41, 5.74) is 3.08. The van der Waals surface area contributed by atoms with Crippen LogP contribution in [0.4, 0.5) is 0 Å². The first-order chi connectivity index (χ1) is 16.6. The number of aliphatic hydroxyl groups excluding tert-OH is 1. The fourth-order valence-corrected chi connectivity index (χ4v) is 4.42. The van der Waals surface area contributed by atoms with E-state index in [1.165, 1.54) is 5.56 Å². The van der Waals surface area contributed by atoms with Crippen molar-refractivity contribution in [3.05, 3.63) is 72.6 Å². The van der Waals surface area contributed by atoms with Crippen LogP contribution in [0.1, 0.15) is 12.0 Å². The monoisotopic (exact) mass is 457 g/mol. The summed E-state index contributed by atoms with van der Waals surface area (Å²) < 4.78 is 5.96. The van der Waals surface area contributed by atoms with Gasteiger partial charge in [0.2, 0.25) is 11.8 Å². The Bertz CT molecular complexity index is 1270. The number of likely N-dealkylation sites (tertiary alicyclic amines) is 1. The number of rotatable bonds is 7. The molecule has 1 aliphatic rings. The molecular weight excluding hydrogens is 430 g/mol. The molecule has 5 rings (SSSR count). The molecule has 1 atom stereocenters. The van der Waals surface area contributed by atoms with E-state index < -0.39 is 6.61 Å². The summed E-state index contributed by atoms with van der Waals surface area (Å²) in [4.78, 5) is 20.2. The summed E-state index contributed by atoms with van der Waals surface area (Å²) in [6.07, 6.45) is 4.39. The number of aromatic nitrogens is 3. The van der Waals surface area contributed by atoms with Gasteiger partial charge in [-0.2, -0.15) is 5.10 Å². The Hall–Kier alpha value is -3.75. The van der Waals surface area contributed by atoms with Crippen molar-refractivity contribution < 1.29 is 14.6 Å². The predicted molar refractivity (Wildman–Crippen MR) is 129 cm³/mol. The molecule has 0 aliphatic carbocycles. The molecule has 0 radical (unpaired) electrons. The number of carbonyl (C=O) groups is 1. The lowest BCUT2D eigenvalue weighted by atomic mass is 10.1. The molecule has 0 spiro atoms. The molecular formula is C26H27N5O3. The van der Waals surface area contributed by atoms with Crippen molar-refractivity contribution in [1.29, 1.82) is 0 Å². The third kappa shape index (κ3) is 4.78. The topological polar surface area (TPSA) is 94.6 Å². The Labute approximate surface area is 197 Å². The molecule has 174 valence electrons. The number of aliphatic hydroxyl groups is 1.